The van der Waals surface area contributed by atoms with Crippen molar-refractivity contribution in [1.29, 1.82) is 0 Å². The van der Waals surface area contributed by atoms with Gasteiger partial charge in [-0.2, -0.15) is 0 Å². The predicted octanol–water partition coefficient (Wildman–Crippen LogP) is 2.97. The Kier molecular flexibility index (Phi) is 8.63. The second kappa shape index (κ2) is 9.95. The largest absolute Gasteiger partial charge is 0.370 e. The molecule has 0 atom stereocenters. The van der Waals surface area contributed by atoms with Crippen molar-refractivity contribution in [3.8, 4) is 0 Å². The summed E-state index contributed by atoms with van der Waals surface area (Å²) < 4.78 is 26.6. The van der Waals surface area contributed by atoms with Crippen LogP contribution >= 0.6 is 35.6 Å². The highest BCUT2D eigenvalue weighted by molar-refractivity contribution is 14.0. The third-order valence-electron chi connectivity index (χ3n) is 3.12. The SMILES string of the molecule is Cc1ccc(NC(N)=NCCNS(=O)(=O)c2cccc(Cl)c2)cc1.I. The van der Waals surface area contributed by atoms with E-state index in [4.69, 9.17) is 17.3 Å². The minimum atomic E-state index is -3.61. The molecule has 0 aromatic heterocycles. The molecule has 0 unspecified atom stereocenters. The Hall–Kier alpha value is -1.36. The summed E-state index contributed by atoms with van der Waals surface area (Å²) in [6.45, 7) is 2.34. The number of nitrogens with two attached hydrogens (primary N) is 1. The second-order valence-corrected chi connectivity index (χ2v) is 7.32. The number of aliphatic imine (C=N–C) groups is 1. The molecule has 0 fully saturated rings. The number of hydrogen-bond donors (Lipinski definition) is 3. The topological polar surface area (TPSA) is 96.6 Å². The van der Waals surface area contributed by atoms with Crippen LogP contribution in [0.5, 0.6) is 0 Å². The van der Waals surface area contributed by atoms with Crippen molar-refractivity contribution in [2.75, 3.05) is 18.4 Å². The van der Waals surface area contributed by atoms with Crippen molar-refractivity contribution in [2.24, 2.45) is 10.7 Å². The summed E-state index contributed by atoms with van der Waals surface area (Å²) in [7, 11) is -3.61. The van der Waals surface area contributed by atoms with Gasteiger partial charge in [0, 0.05) is 17.3 Å². The highest BCUT2D eigenvalue weighted by atomic mass is 127. The van der Waals surface area contributed by atoms with Gasteiger partial charge in [-0.05, 0) is 37.3 Å². The number of rotatable bonds is 6. The van der Waals surface area contributed by atoms with Crippen LogP contribution in [0.25, 0.3) is 0 Å². The van der Waals surface area contributed by atoms with Gasteiger partial charge in [0.25, 0.3) is 0 Å². The number of nitrogens with one attached hydrogen (secondary N) is 2. The molecule has 0 spiro atoms. The summed E-state index contributed by atoms with van der Waals surface area (Å²) in [4.78, 5) is 4.20. The molecule has 2 rings (SSSR count). The average molecular weight is 495 g/mol. The van der Waals surface area contributed by atoms with Gasteiger partial charge in [0.2, 0.25) is 10.0 Å². The van der Waals surface area contributed by atoms with Crippen molar-refractivity contribution in [2.45, 2.75) is 11.8 Å². The van der Waals surface area contributed by atoms with E-state index in [0.717, 1.165) is 11.3 Å². The van der Waals surface area contributed by atoms with Crippen molar-refractivity contribution in [1.82, 2.24) is 4.72 Å². The maximum Gasteiger partial charge on any atom is 0.240 e. The Morgan fingerprint density at radius 1 is 1.20 bits per heavy atom. The second-order valence-electron chi connectivity index (χ2n) is 5.11. The summed E-state index contributed by atoms with van der Waals surface area (Å²) in [6.07, 6.45) is 0. The number of hydrogen-bond acceptors (Lipinski definition) is 3. The van der Waals surface area contributed by atoms with Gasteiger partial charge in [0.05, 0.1) is 11.4 Å². The number of halogens is 2. The van der Waals surface area contributed by atoms with Crippen molar-refractivity contribution >= 4 is 57.2 Å². The van der Waals surface area contributed by atoms with Gasteiger partial charge in [-0.3, -0.25) is 4.99 Å². The van der Waals surface area contributed by atoms with E-state index in [-0.39, 0.29) is 47.9 Å². The zero-order valence-corrected chi connectivity index (χ0v) is 17.5. The number of benzene rings is 2. The van der Waals surface area contributed by atoms with Crippen molar-refractivity contribution in [3.63, 3.8) is 0 Å². The monoisotopic (exact) mass is 494 g/mol. The van der Waals surface area contributed by atoms with Gasteiger partial charge in [-0.25, -0.2) is 13.1 Å². The summed E-state index contributed by atoms with van der Waals surface area (Å²) in [5.74, 6) is 0.223. The van der Waals surface area contributed by atoms with E-state index in [1.54, 1.807) is 12.1 Å². The summed E-state index contributed by atoms with van der Waals surface area (Å²) in [5.41, 5.74) is 7.73. The van der Waals surface area contributed by atoms with Crippen molar-refractivity contribution < 1.29 is 8.42 Å². The predicted molar refractivity (Wildman–Crippen MR) is 113 cm³/mol. The lowest BCUT2D eigenvalue weighted by atomic mass is 10.2. The molecule has 0 heterocycles. The summed E-state index contributed by atoms with van der Waals surface area (Å²) >= 11 is 5.80. The zero-order chi connectivity index (χ0) is 17.6. The van der Waals surface area contributed by atoms with Crippen LogP contribution < -0.4 is 15.8 Å². The van der Waals surface area contributed by atoms with Crippen LogP contribution in [0.3, 0.4) is 0 Å². The molecular formula is C16H20ClIN4O2S. The lowest BCUT2D eigenvalue weighted by molar-refractivity contribution is 0.582. The maximum absolute atomic E-state index is 12.1. The van der Waals surface area contributed by atoms with Crippen LogP contribution in [0, 0.1) is 6.92 Å². The minimum Gasteiger partial charge on any atom is -0.370 e. The van der Waals surface area contributed by atoms with E-state index < -0.39 is 10.0 Å². The molecule has 0 aliphatic heterocycles. The first-order valence-corrected chi connectivity index (χ1v) is 9.12. The Labute approximate surface area is 169 Å². The highest BCUT2D eigenvalue weighted by Crippen LogP contribution is 2.14. The maximum atomic E-state index is 12.1. The van der Waals surface area contributed by atoms with E-state index in [0.29, 0.717) is 5.02 Å². The quantitative estimate of drug-likeness (QED) is 0.249. The lowest BCUT2D eigenvalue weighted by Crippen LogP contribution is -2.28. The zero-order valence-electron chi connectivity index (χ0n) is 13.6. The number of sulfonamides is 1. The van der Waals surface area contributed by atoms with Gasteiger partial charge >= 0.3 is 0 Å². The molecule has 136 valence electrons. The van der Waals surface area contributed by atoms with Gasteiger partial charge in [0.15, 0.2) is 5.96 Å². The van der Waals surface area contributed by atoms with Crippen molar-refractivity contribution in [3.05, 3.63) is 59.1 Å². The summed E-state index contributed by atoms with van der Waals surface area (Å²) in [6, 6.07) is 13.7. The van der Waals surface area contributed by atoms with Gasteiger partial charge < -0.3 is 11.1 Å². The minimum absolute atomic E-state index is 0. The molecule has 2 aromatic carbocycles. The first-order chi connectivity index (χ1) is 11.4. The van der Waals surface area contributed by atoms with Gasteiger partial charge in [-0.15, -0.1) is 24.0 Å². The van der Waals surface area contributed by atoms with Crippen LogP contribution in [-0.2, 0) is 10.0 Å². The fourth-order valence-corrected chi connectivity index (χ4v) is 3.22. The normalized spacial score (nSPS) is 11.7. The number of anilines is 1. The molecule has 4 N–H and O–H groups in total. The molecule has 0 aliphatic carbocycles. The lowest BCUT2D eigenvalue weighted by Gasteiger charge is -2.07. The van der Waals surface area contributed by atoms with E-state index in [1.165, 1.54) is 12.1 Å². The Bertz CT molecular complexity index is 826. The number of nitrogens with zero attached hydrogens (tertiary/aromatic N) is 1. The number of guanidine groups is 1. The Morgan fingerprint density at radius 3 is 2.52 bits per heavy atom. The van der Waals surface area contributed by atoms with Crippen LogP contribution in [0.2, 0.25) is 5.02 Å². The molecule has 25 heavy (non-hydrogen) atoms. The molecular weight excluding hydrogens is 475 g/mol. The molecule has 2 aromatic rings. The third-order valence-corrected chi connectivity index (χ3v) is 4.81. The standard InChI is InChI=1S/C16H19ClN4O2S.HI/c1-12-5-7-14(8-6-12)21-16(18)19-9-10-20-24(22,23)15-4-2-3-13(17)11-15;/h2-8,11,20H,9-10H2,1H3,(H3,18,19,21);1H. The van der Waals surface area contributed by atoms with Crippen LogP contribution in [0.1, 0.15) is 5.56 Å². The van der Waals surface area contributed by atoms with Crippen LogP contribution in [-0.4, -0.2) is 27.5 Å². The first-order valence-electron chi connectivity index (χ1n) is 7.26. The molecule has 0 saturated heterocycles. The smallest absolute Gasteiger partial charge is 0.240 e. The van der Waals surface area contributed by atoms with Gasteiger partial charge in [-0.1, -0.05) is 35.4 Å². The van der Waals surface area contributed by atoms with Crippen LogP contribution in [0.4, 0.5) is 5.69 Å². The molecule has 0 bridgehead atoms. The molecule has 9 heteroatoms. The number of aryl methyl sites for hydroxylation is 1. The molecule has 0 saturated carbocycles. The fourth-order valence-electron chi connectivity index (χ4n) is 1.90. The summed E-state index contributed by atoms with van der Waals surface area (Å²) in [5, 5.41) is 3.30. The van der Waals surface area contributed by atoms with E-state index >= 15 is 0 Å². The first kappa shape index (κ1) is 21.7. The van der Waals surface area contributed by atoms with E-state index in [9.17, 15) is 8.42 Å². The van der Waals surface area contributed by atoms with E-state index in [2.05, 4.69) is 15.0 Å². The van der Waals surface area contributed by atoms with Gasteiger partial charge in [0.1, 0.15) is 0 Å². The highest BCUT2D eigenvalue weighted by Gasteiger charge is 2.13. The van der Waals surface area contributed by atoms with Crippen LogP contribution in [0.15, 0.2) is 58.4 Å². The molecule has 0 amide bonds. The fraction of sp³-hybridized carbons (Fsp3) is 0.188. The Morgan fingerprint density at radius 2 is 1.88 bits per heavy atom. The Balaban J connectivity index is 0.00000312. The molecule has 0 radical (unpaired) electrons. The molecule has 0 aliphatic rings. The average Bonchev–Trinajstić information content (AvgIpc) is 2.54. The van der Waals surface area contributed by atoms with E-state index in [1.807, 2.05) is 31.2 Å². The molecule has 6 nitrogen and oxygen atoms in total. The third kappa shape index (κ3) is 7.18.